The Morgan fingerprint density at radius 3 is 2.65 bits per heavy atom. The zero-order valence-corrected chi connectivity index (χ0v) is 16.1. The lowest BCUT2D eigenvalue weighted by Gasteiger charge is -2.39. The van der Waals surface area contributed by atoms with E-state index in [-0.39, 0.29) is 23.8 Å². The number of rotatable bonds is 5. The minimum Gasteiger partial charge on any atom is -0.337 e. The third kappa shape index (κ3) is 3.95. The predicted octanol–water partition coefficient (Wildman–Crippen LogP) is 2.75. The Morgan fingerprint density at radius 2 is 1.96 bits per heavy atom. The molecular weight excluding hydrogens is 350 g/mol. The van der Waals surface area contributed by atoms with Crippen molar-refractivity contribution in [1.29, 1.82) is 0 Å². The van der Waals surface area contributed by atoms with Gasteiger partial charge in [0.25, 0.3) is 0 Å². The number of tetrazole rings is 1. The summed E-state index contributed by atoms with van der Waals surface area (Å²) in [7, 11) is 0. The number of nitrogens with zero attached hydrogens (tertiary/aromatic N) is 5. The van der Waals surface area contributed by atoms with Crippen LogP contribution in [-0.4, -0.2) is 54.6 Å². The molecule has 0 spiro atoms. The van der Waals surface area contributed by atoms with E-state index in [0.717, 1.165) is 12.8 Å². The number of thioether (sulfide) groups is 1. The number of amides is 1. The highest BCUT2D eigenvalue weighted by Gasteiger charge is 2.29. The molecule has 0 saturated carbocycles. The molecule has 0 N–H and O–H groups in total. The maximum Gasteiger partial charge on any atom is 0.233 e. The first-order valence-corrected chi connectivity index (χ1v) is 9.79. The van der Waals surface area contributed by atoms with Gasteiger partial charge < -0.3 is 4.90 Å². The van der Waals surface area contributed by atoms with Gasteiger partial charge in [0, 0.05) is 17.6 Å². The molecule has 1 saturated heterocycles. The molecule has 2 aromatic rings. The van der Waals surface area contributed by atoms with Crippen LogP contribution in [0.25, 0.3) is 5.69 Å². The summed E-state index contributed by atoms with van der Waals surface area (Å²) >= 11 is 1.32. The van der Waals surface area contributed by atoms with E-state index in [1.807, 2.05) is 11.0 Å². The molecule has 2 unspecified atom stereocenters. The van der Waals surface area contributed by atoms with E-state index in [9.17, 15) is 9.59 Å². The molecule has 138 valence electrons. The third-order valence-electron chi connectivity index (χ3n) is 4.74. The second-order valence-corrected chi connectivity index (χ2v) is 7.64. The highest BCUT2D eigenvalue weighted by atomic mass is 32.2. The summed E-state index contributed by atoms with van der Waals surface area (Å²) in [5.74, 6) is 0.390. The summed E-state index contributed by atoms with van der Waals surface area (Å²) in [6.45, 7) is 5.74. The average molecular weight is 373 g/mol. The van der Waals surface area contributed by atoms with Gasteiger partial charge in [0.15, 0.2) is 5.78 Å². The number of benzene rings is 1. The number of carbonyl (C=O) groups excluding carboxylic acids is 2. The highest BCUT2D eigenvalue weighted by molar-refractivity contribution is 7.99. The molecule has 0 radical (unpaired) electrons. The van der Waals surface area contributed by atoms with Crippen LogP contribution in [-0.2, 0) is 4.79 Å². The van der Waals surface area contributed by atoms with Crippen LogP contribution in [0.4, 0.5) is 0 Å². The van der Waals surface area contributed by atoms with Crippen molar-refractivity contribution in [2.75, 3.05) is 5.75 Å². The van der Waals surface area contributed by atoms with Gasteiger partial charge in [0.2, 0.25) is 11.1 Å². The molecule has 0 bridgehead atoms. The lowest BCUT2D eigenvalue weighted by molar-refractivity contribution is -0.134. The van der Waals surface area contributed by atoms with Crippen LogP contribution in [0.2, 0.25) is 0 Å². The summed E-state index contributed by atoms with van der Waals surface area (Å²) in [5.41, 5.74) is 1.30. The summed E-state index contributed by atoms with van der Waals surface area (Å²) in [6, 6.07) is 7.68. The molecule has 8 heteroatoms. The van der Waals surface area contributed by atoms with Crippen LogP contribution in [0.3, 0.4) is 0 Å². The first-order chi connectivity index (χ1) is 12.5. The fourth-order valence-electron chi connectivity index (χ4n) is 3.40. The van der Waals surface area contributed by atoms with E-state index >= 15 is 0 Å². The molecule has 26 heavy (non-hydrogen) atoms. The Morgan fingerprint density at radius 1 is 1.23 bits per heavy atom. The van der Waals surface area contributed by atoms with Crippen LogP contribution < -0.4 is 0 Å². The number of ketones is 1. The second kappa shape index (κ2) is 7.99. The van der Waals surface area contributed by atoms with Crippen molar-refractivity contribution in [3.8, 4) is 5.69 Å². The smallest absolute Gasteiger partial charge is 0.233 e. The molecule has 0 aliphatic carbocycles. The Kier molecular flexibility index (Phi) is 5.70. The fourth-order valence-corrected chi connectivity index (χ4v) is 4.16. The first kappa shape index (κ1) is 18.6. The molecule has 1 aromatic heterocycles. The van der Waals surface area contributed by atoms with Gasteiger partial charge in [0.05, 0.1) is 11.4 Å². The molecule has 1 aliphatic heterocycles. The standard InChI is InChI=1S/C18H23N5O2S/c1-12-6-4-7-13(2)22(12)17(25)11-26-18-19-20-21-23(18)16-9-5-8-15(10-16)14(3)24/h5,8-10,12-13H,4,6-7,11H2,1-3H3. The summed E-state index contributed by atoms with van der Waals surface area (Å²) in [5, 5.41) is 12.3. The van der Waals surface area contributed by atoms with Crippen molar-refractivity contribution in [3.63, 3.8) is 0 Å². The van der Waals surface area contributed by atoms with Crippen molar-refractivity contribution < 1.29 is 9.59 Å². The molecule has 1 fully saturated rings. The lowest BCUT2D eigenvalue weighted by Crippen LogP contribution is -2.48. The van der Waals surface area contributed by atoms with Crippen molar-refractivity contribution in [2.24, 2.45) is 0 Å². The average Bonchev–Trinajstić information content (AvgIpc) is 3.08. The minimum absolute atomic E-state index is 0.0163. The Bertz CT molecular complexity index is 796. The highest BCUT2D eigenvalue weighted by Crippen LogP contribution is 2.25. The number of hydrogen-bond acceptors (Lipinski definition) is 6. The first-order valence-electron chi connectivity index (χ1n) is 8.81. The van der Waals surface area contributed by atoms with E-state index in [2.05, 4.69) is 29.4 Å². The van der Waals surface area contributed by atoms with Gasteiger partial charge in [-0.05, 0) is 62.6 Å². The lowest BCUT2D eigenvalue weighted by atomic mass is 9.98. The molecule has 1 aromatic carbocycles. The number of Topliss-reactive ketones (excluding diaryl/α,β-unsaturated/α-hetero) is 1. The van der Waals surface area contributed by atoms with Gasteiger partial charge in [-0.25, -0.2) is 0 Å². The molecule has 3 rings (SSSR count). The predicted molar refractivity (Wildman–Crippen MR) is 99.5 cm³/mol. The second-order valence-electron chi connectivity index (χ2n) is 6.70. The Labute approximate surface area is 157 Å². The maximum atomic E-state index is 12.7. The van der Waals surface area contributed by atoms with Crippen LogP contribution in [0.15, 0.2) is 29.4 Å². The third-order valence-corrected chi connectivity index (χ3v) is 5.65. The van der Waals surface area contributed by atoms with Gasteiger partial charge in [-0.2, -0.15) is 4.68 Å². The van der Waals surface area contributed by atoms with Gasteiger partial charge in [-0.3, -0.25) is 9.59 Å². The summed E-state index contributed by atoms with van der Waals surface area (Å²) in [4.78, 5) is 26.3. The Hall–Kier alpha value is -2.22. The summed E-state index contributed by atoms with van der Waals surface area (Å²) < 4.78 is 1.56. The van der Waals surface area contributed by atoms with E-state index in [1.54, 1.807) is 22.9 Å². The largest absolute Gasteiger partial charge is 0.337 e. The minimum atomic E-state index is -0.0163. The number of hydrogen-bond donors (Lipinski definition) is 0. The monoisotopic (exact) mass is 373 g/mol. The normalized spacial score (nSPS) is 20.2. The van der Waals surface area contributed by atoms with Gasteiger partial charge in [0.1, 0.15) is 0 Å². The van der Waals surface area contributed by atoms with Crippen LogP contribution >= 0.6 is 11.8 Å². The molecule has 2 heterocycles. The van der Waals surface area contributed by atoms with E-state index in [1.165, 1.54) is 25.1 Å². The molecule has 1 aliphatic rings. The number of likely N-dealkylation sites (tertiary alicyclic amines) is 1. The van der Waals surface area contributed by atoms with E-state index < -0.39 is 0 Å². The van der Waals surface area contributed by atoms with Crippen molar-refractivity contribution in [2.45, 2.75) is 57.3 Å². The van der Waals surface area contributed by atoms with Crippen molar-refractivity contribution in [3.05, 3.63) is 29.8 Å². The van der Waals surface area contributed by atoms with Gasteiger partial charge >= 0.3 is 0 Å². The number of piperidine rings is 1. The molecule has 1 amide bonds. The summed E-state index contributed by atoms with van der Waals surface area (Å²) in [6.07, 6.45) is 3.27. The Balaban J connectivity index is 1.72. The zero-order valence-electron chi connectivity index (χ0n) is 15.3. The van der Waals surface area contributed by atoms with E-state index in [0.29, 0.717) is 22.2 Å². The quantitative estimate of drug-likeness (QED) is 0.592. The maximum absolute atomic E-state index is 12.7. The van der Waals surface area contributed by atoms with Crippen LogP contribution in [0, 0.1) is 0 Å². The van der Waals surface area contributed by atoms with Gasteiger partial charge in [-0.1, -0.05) is 23.9 Å². The van der Waals surface area contributed by atoms with Gasteiger partial charge in [-0.15, -0.1) is 5.10 Å². The van der Waals surface area contributed by atoms with Crippen LogP contribution in [0.5, 0.6) is 0 Å². The SMILES string of the molecule is CC(=O)c1cccc(-n2nnnc2SCC(=O)N2C(C)CCCC2C)c1. The zero-order chi connectivity index (χ0) is 18.7. The van der Waals surface area contributed by atoms with E-state index in [4.69, 9.17) is 0 Å². The molecule has 7 nitrogen and oxygen atoms in total. The number of carbonyl (C=O) groups is 2. The molecular formula is C18H23N5O2S. The number of aromatic nitrogens is 4. The van der Waals surface area contributed by atoms with Crippen molar-refractivity contribution in [1.82, 2.24) is 25.1 Å². The fraction of sp³-hybridized carbons (Fsp3) is 0.500. The van der Waals surface area contributed by atoms with Crippen molar-refractivity contribution >= 4 is 23.5 Å². The topological polar surface area (TPSA) is 81.0 Å². The molecule has 2 atom stereocenters. The van der Waals surface area contributed by atoms with Crippen LogP contribution in [0.1, 0.15) is 50.4 Å².